The van der Waals surface area contributed by atoms with Crippen LogP contribution in [0.5, 0.6) is 0 Å². The zero-order valence-corrected chi connectivity index (χ0v) is 11.3. The number of hydrogen-bond acceptors (Lipinski definition) is 2. The molecule has 0 amide bonds. The minimum Gasteiger partial charge on any atom is -0.296 e. The van der Waals surface area contributed by atoms with Crippen molar-refractivity contribution in [2.75, 3.05) is 0 Å². The van der Waals surface area contributed by atoms with Crippen LogP contribution in [0.4, 0.5) is 0 Å². The maximum absolute atomic E-state index is 5.44. The van der Waals surface area contributed by atoms with Crippen LogP contribution in [0.25, 0.3) is 0 Å². The number of hydroxylamine groups is 1. The minimum atomic E-state index is -0.151. The normalized spacial score (nSPS) is 11.8. The Balaban J connectivity index is 2.48. The Hall–Kier alpha value is -0.380. The van der Waals surface area contributed by atoms with E-state index in [0.717, 1.165) is 11.0 Å². The summed E-state index contributed by atoms with van der Waals surface area (Å²) in [6, 6.07) is 6.30. The van der Waals surface area contributed by atoms with Crippen LogP contribution in [-0.4, -0.2) is 5.60 Å². The molecule has 84 valence electrons. The van der Waals surface area contributed by atoms with Gasteiger partial charge in [-0.1, -0.05) is 28.1 Å². The van der Waals surface area contributed by atoms with Gasteiger partial charge in [0, 0.05) is 11.0 Å². The van der Waals surface area contributed by atoms with E-state index in [9.17, 15) is 0 Å². The van der Waals surface area contributed by atoms with Crippen molar-refractivity contribution >= 4 is 15.9 Å². The van der Waals surface area contributed by atoms with Crippen molar-refractivity contribution in [2.45, 2.75) is 39.8 Å². The summed E-state index contributed by atoms with van der Waals surface area (Å²) in [6.45, 7) is 8.85. The first-order chi connectivity index (χ1) is 6.88. The van der Waals surface area contributed by atoms with Gasteiger partial charge in [-0.05, 0) is 44.9 Å². The Morgan fingerprint density at radius 3 is 2.53 bits per heavy atom. The van der Waals surface area contributed by atoms with Crippen LogP contribution in [0.15, 0.2) is 22.7 Å². The van der Waals surface area contributed by atoms with Gasteiger partial charge in [-0.15, -0.1) is 0 Å². The molecule has 0 saturated heterocycles. The summed E-state index contributed by atoms with van der Waals surface area (Å²) < 4.78 is 1.14. The van der Waals surface area contributed by atoms with Gasteiger partial charge in [0.1, 0.15) is 0 Å². The monoisotopic (exact) mass is 271 g/mol. The molecule has 1 rings (SSSR count). The minimum absolute atomic E-state index is 0.151. The number of aryl methyl sites for hydroxylation is 1. The van der Waals surface area contributed by atoms with Crippen molar-refractivity contribution in [3.63, 3.8) is 0 Å². The molecule has 0 aliphatic carbocycles. The van der Waals surface area contributed by atoms with Crippen LogP contribution in [0.3, 0.4) is 0 Å². The highest BCUT2D eigenvalue weighted by molar-refractivity contribution is 9.10. The average Bonchev–Trinajstić information content (AvgIpc) is 2.09. The fourth-order valence-corrected chi connectivity index (χ4v) is 1.51. The molecule has 15 heavy (non-hydrogen) atoms. The smallest absolute Gasteiger partial charge is 0.0813 e. The lowest BCUT2D eigenvalue weighted by Crippen LogP contribution is -2.28. The molecule has 0 heterocycles. The van der Waals surface area contributed by atoms with E-state index in [1.807, 2.05) is 20.8 Å². The first-order valence-electron chi connectivity index (χ1n) is 5.04. The second-order valence-corrected chi connectivity index (χ2v) is 5.47. The molecule has 0 fully saturated rings. The molecule has 0 radical (unpaired) electrons. The Kier molecular flexibility index (Phi) is 4.32. The largest absolute Gasteiger partial charge is 0.296 e. The highest BCUT2D eigenvalue weighted by Gasteiger charge is 2.09. The van der Waals surface area contributed by atoms with Crippen LogP contribution in [0.1, 0.15) is 31.9 Å². The molecule has 1 aromatic rings. The van der Waals surface area contributed by atoms with Gasteiger partial charge in [0.05, 0.1) is 5.60 Å². The quantitative estimate of drug-likeness (QED) is 0.849. The van der Waals surface area contributed by atoms with Crippen LogP contribution in [-0.2, 0) is 11.4 Å². The zero-order valence-electron chi connectivity index (χ0n) is 9.73. The van der Waals surface area contributed by atoms with Crippen molar-refractivity contribution in [1.29, 1.82) is 0 Å². The number of hydrogen-bond donors (Lipinski definition) is 1. The molecule has 0 atom stereocenters. The Morgan fingerprint density at radius 2 is 2.00 bits per heavy atom. The summed E-state index contributed by atoms with van der Waals surface area (Å²) in [5.74, 6) is 0. The van der Waals surface area contributed by atoms with Gasteiger partial charge < -0.3 is 0 Å². The number of rotatable bonds is 3. The average molecular weight is 272 g/mol. The van der Waals surface area contributed by atoms with E-state index in [1.54, 1.807) is 0 Å². The van der Waals surface area contributed by atoms with Crippen molar-refractivity contribution in [3.05, 3.63) is 33.8 Å². The van der Waals surface area contributed by atoms with Crippen LogP contribution < -0.4 is 5.48 Å². The van der Waals surface area contributed by atoms with Gasteiger partial charge >= 0.3 is 0 Å². The SMILES string of the molecule is Cc1ccc(CNOC(C)(C)C)cc1Br. The van der Waals surface area contributed by atoms with E-state index in [-0.39, 0.29) is 5.60 Å². The molecule has 1 aromatic carbocycles. The summed E-state index contributed by atoms with van der Waals surface area (Å²) in [6.07, 6.45) is 0. The van der Waals surface area contributed by atoms with Crippen molar-refractivity contribution in [3.8, 4) is 0 Å². The summed E-state index contributed by atoms with van der Waals surface area (Å²) >= 11 is 3.51. The molecule has 0 aliphatic rings. The second-order valence-electron chi connectivity index (χ2n) is 4.62. The Morgan fingerprint density at radius 1 is 1.33 bits per heavy atom. The van der Waals surface area contributed by atoms with Crippen molar-refractivity contribution in [1.82, 2.24) is 5.48 Å². The van der Waals surface area contributed by atoms with E-state index in [1.165, 1.54) is 11.1 Å². The van der Waals surface area contributed by atoms with E-state index < -0.39 is 0 Å². The predicted molar refractivity (Wildman–Crippen MR) is 66.6 cm³/mol. The van der Waals surface area contributed by atoms with E-state index in [2.05, 4.69) is 46.5 Å². The zero-order chi connectivity index (χ0) is 11.5. The third kappa shape index (κ3) is 4.78. The van der Waals surface area contributed by atoms with Gasteiger partial charge in [0.2, 0.25) is 0 Å². The van der Waals surface area contributed by atoms with Gasteiger partial charge in [-0.3, -0.25) is 4.84 Å². The topological polar surface area (TPSA) is 21.3 Å². The summed E-state index contributed by atoms with van der Waals surface area (Å²) in [4.78, 5) is 5.44. The van der Waals surface area contributed by atoms with Crippen molar-refractivity contribution in [2.24, 2.45) is 0 Å². The molecule has 0 bridgehead atoms. The molecule has 0 saturated carbocycles. The molecular formula is C12H18BrNO. The number of benzene rings is 1. The van der Waals surface area contributed by atoms with Crippen molar-refractivity contribution < 1.29 is 4.84 Å². The van der Waals surface area contributed by atoms with Gasteiger partial charge in [0.25, 0.3) is 0 Å². The van der Waals surface area contributed by atoms with Crippen LogP contribution >= 0.6 is 15.9 Å². The van der Waals surface area contributed by atoms with Gasteiger partial charge in [-0.25, -0.2) is 0 Å². The highest BCUT2D eigenvalue weighted by atomic mass is 79.9. The molecule has 0 aromatic heterocycles. The fourth-order valence-electron chi connectivity index (χ4n) is 1.08. The van der Waals surface area contributed by atoms with E-state index >= 15 is 0 Å². The molecule has 1 N–H and O–H groups in total. The third-order valence-corrected chi connectivity index (χ3v) is 2.75. The van der Waals surface area contributed by atoms with Gasteiger partial charge in [0.15, 0.2) is 0 Å². The lowest BCUT2D eigenvalue weighted by molar-refractivity contribution is -0.0757. The molecule has 2 nitrogen and oxygen atoms in total. The third-order valence-electron chi connectivity index (χ3n) is 1.89. The maximum atomic E-state index is 5.44. The lowest BCUT2D eigenvalue weighted by Gasteiger charge is -2.19. The van der Waals surface area contributed by atoms with E-state index in [0.29, 0.717) is 0 Å². The fraction of sp³-hybridized carbons (Fsp3) is 0.500. The first kappa shape index (κ1) is 12.7. The van der Waals surface area contributed by atoms with Crippen LogP contribution in [0, 0.1) is 6.92 Å². The Bertz CT molecular complexity index is 331. The standard InChI is InChI=1S/C12H18BrNO/c1-9-5-6-10(7-11(9)13)8-14-15-12(2,3)4/h5-7,14H,8H2,1-4H3. The second kappa shape index (κ2) is 5.10. The molecular weight excluding hydrogens is 254 g/mol. The van der Waals surface area contributed by atoms with Gasteiger partial charge in [-0.2, -0.15) is 5.48 Å². The molecule has 3 heteroatoms. The summed E-state index contributed by atoms with van der Waals surface area (Å²) in [7, 11) is 0. The molecule has 0 unspecified atom stereocenters. The summed E-state index contributed by atoms with van der Waals surface area (Å²) in [5.41, 5.74) is 5.27. The van der Waals surface area contributed by atoms with Crippen LogP contribution in [0.2, 0.25) is 0 Å². The number of halogens is 1. The number of nitrogens with one attached hydrogen (secondary N) is 1. The maximum Gasteiger partial charge on any atom is 0.0813 e. The molecule has 0 spiro atoms. The highest BCUT2D eigenvalue weighted by Crippen LogP contribution is 2.17. The predicted octanol–water partition coefficient (Wildman–Crippen LogP) is 3.58. The van der Waals surface area contributed by atoms with E-state index in [4.69, 9.17) is 4.84 Å². The lowest BCUT2D eigenvalue weighted by atomic mass is 10.1. The molecule has 0 aliphatic heterocycles. The summed E-state index contributed by atoms with van der Waals surface area (Å²) in [5, 5.41) is 0. The first-order valence-corrected chi connectivity index (χ1v) is 5.84. The Labute approximate surface area is 100 Å².